The molecule has 3 fully saturated rings. The van der Waals surface area contributed by atoms with Gasteiger partial charge in [-0.05, 0) is 26.7 Å². The molecule has 0 aromatic heterocycles. The summed E-state index contributed by atoms with van der Waals surface area (Å²) in [4.78, 5) is 12.2. The predicted octanol–water partition coefficient (Wildman–Crippen LogP) is 0.351. The van der Waals surface area contributed by atoms with Crippen molar-refractivity contribution in [2.24, 2.45) is 0 Å². The van der Waals surface area contributed by atoms with E-state index in [0.29, 0.717) is 25.9 Å². The molecule has 6 heteroatoms. The Balaban J connectivity index is 1.86. The topological polar surface area (TPSA) is 91.8 Å². The molecule has 22 heavy (non-hydrogen) atoms. The fraction of sp³-hybridized carbons (Fsp3) is 0.812. The highest BCUT2D eigenvalue weighted by Gasteiger charge is 2.81. The molecule has 0 unspecified atom stereocenters. The van der Waals surface area contributed by atoms with Crippen LogP contribution in [0.25, 0.3) is 0 Å². The zero-order valence-corrected chi connectivity index (χ0v) is 13.3. The summed E-state index contributed by atoms with van der Waals surface area (Å²) in [5, 5.41) is 20.5. The number of aliphatic hydroxyl groups excluding tert-OH is 1. The van der Waals surface area contributed by atoms with E-state index in [-0.39, 0.29) is 18.5 Å². The van der Waals surface area contributed by atoms with E-state index in [1.807, 2.05) is 19.9 Å². The highest BCUT2D eigenvalue weighted by atomic mass is 16.7. The Bertz CT molecular complexity index is 511. The lowest BCUT2D eigenvalue weighted by molar-refractivity contribution is -0.193. The number of epoxide rings is 2. The van der Waals surface area contributed by atoms with Gasteiger partial charge in [-0.15, -0.1) is 0 Å². The smallest absolute Gasteiger partial charge is 0.164 e. The average molecular weight is 312 g/mol. The third-order valence-corrected chi connectivity index (χ3v) is 5.50. The molecule has 0 amide bonds. The number of methoxy groups -OCH3 is 1. The van der Waals surface area contributed by atoms with Gasteiger partial charge in [-0.3, -0.25) is 4.79 Å². The number of ketones is 1. The van der Waals surface area contributed by atoms with Crippen molar-refractivity contribution in [1.29, 1.82) is 0 Å². The maximum atomic E-state index is 12.2. The Morgan fingerprint density at radius 2 is 2.23 bits per heavy atom. The Morgan fingerprint density at radius 3 is 2.77 bits per heavy atom. The second-order valence-corrected chi connectivity index (χ2v) is 6.79. The van der Waals surface area contributed by atoms with Crippen LogP contribution in [0, 0.1) is 0 Å². The molecular formula is C16H24O6. The molecule has 124 valence electrons. The van der Waals surface area contributed by atoms with E-state index < -0.39 is 22.9 Å². The molecule has 6 nitrogen and oxygen atoms in total. The summed E-state index contributed by atoms with van der Waals surface area (Å²) in [5.41, 5.74) is -2.24. The molecule has 0 radical (unpaired) electrons. The van der Waals surface area contributed by atoms with Crippen LogP contribution in [0.4, 0.5) is 0 Å². The first-order valence-corrected chi connectivity index (χ1v) is 7.71. The van der Waals surface area contributed by atoms with Crippen LogP contribution in [-0.4, -0.2) is 65.3 Å². The lowest BCUT2D eigenvalue weighted by atomic mass is 9.65. The van der Waals surface area contributed by atoms with Gasteiger partial charge in [-0.25, -0.2) is 0 Å². The molecule has 5 atom stereocenters. The van der Waals surface area contributed by atoms with E-state index in [0.717, 1.165) is 5.57 Å². The summed E-state index contributed by atoms with van der Waals surface area (Å²) < 4.78 is 16.7. The van der Waals surface area contributed by atoms with Crippen molar-refractivity contribution in [3.8, 4) is 0 Å². The van der Waals surface area contributed by atoms with Crippen LogP contribution < -0.4 is 0 Å². The minimum absolute atomic E-state index is 0.0000667. The van der Waals surface area contributed by atoms with E-state index in [2.05, 4.69) is 0 Å². The summed E-state index contributed by atoms with van der Waals surface area (Å²) >= 11 is 0. The molecule has 1 spiro atoms. The fourth-order valence-electron chi connectivity index (χ4n) is 3.83. The van der Waals surface area contributed by atoms with Crippen molar-refractivity contribution in [2.75, 3.05) is 20.3 Å². The summed E-state index contributed by atoms with van der Waals surface area (Å²) in [7, 11) is 1.44. The largest absolute Gasteiger partial charge is 0.392 e. The number of ether oxygens (including phenoxy) is 3. The molecule has 1 saturated carbocycles. The Labute approximate surface area is 130 Å². The Morgan fingerprint density at radius 1 is 1.55 bits per heavy atom. The summed E-state index contributed by atoms with van der Waals surface area (Å²) in [6, 6.07) is 0. The lowest BCUT2D eigenvalue weighted by Gasteiger charge is -2.45. The highest BCUT2D eigenvalue weighted by Crippen LogP contribution is 2.61. The van der Waals surface area contributed by atoms with Crippen LogP contribution in [0.2, 0.25) is 0 Å². The molecule has 2 heterocycles. The summed E-state index contributed by atoms with van der Waals surface area (Å²) in [6.07, 6.45) is 2.17. The molecule has 2 aliphatic heterocycles. The molecule has 3 rings (SSSR count). The third kappa shape index (κ3) is 2.02. The predicted molar refractivity (Wildman–Crippen MR) is 77.4 cm³/mol. The number of carbonyl (C=O) groups is 1. The van der Waals surface area contributed by atoms with Gasteiger partial charge in [0.05, 0.1) is 19.3 Å². The van der Waals surface area contributed by atoms with Crippen molar-refractivity contribution >= 4 is 5.78 Å². The van der Waals surface area contributed by atoms with Gasteiger partial charge in [0.2, 0.25) is 0 Å². The lowest BCUT2D eigenvalue weighted by Crippen LogP contribution is -2.69. The zero-order chi connectivity index (χ0) is 16.2. The first-order valence-electron chi connectivity index (χ1n) is 7.71. The quantitative estimate of drug-likeness (QED) is 0.562. The number of aliphatic hydroxyl groups is 2. The number of rotatable bonds is 5. The SMILES string of the molecule is CO[C@@H]1C(=O)CC[C@]2(CO2)[C@]1(O)[C@@]1(C)O[C@@H]1CC=C(C)CO. The number of hydrogen-bond acceptors (Lipinski definition) is 6. The van der Waals surface area contributed by atoms with E-state index >= 15 is 0 Å². The number of hydrogen-bond donors (Lipinski definition) is 2. The van der Waals surface area contributed by atoms with E-state index in [1.54, 1.807) is 0 Å². The van der Waals surface area contributed by atoms with Crippen molar-refractivity contribution in [3.63, 3.8) is 0 Å². The summed E-state index contributed by atoms with van der Waals surface area (Å²) in [5.74, 6) is -0.108. The monoisotopic (exact) mass is 312 g/mol. The van der Waals surface area contributed by atoms with Crippen molar-refractivity contribution < 1.29 is 29.2 Å². The standard InChI is InChI=1S/C16H24O6/c1-10(8-17)4-5-12-14(2,22-12)16(19)13(20-3)11(18)6-7-15(16)9-21-15/h4,12-13,17,19H,5-9H2,1-3H3/t12-,13-,14+,15+,16-/m1/s1. The molecule has 0 aromatic carbocycles. The maximum Gasteiger partial charge on any atom is 0.164 e. The van der Waals surface area contributed by atoms with Gasteiger partial charge in [0.1, 0.15) is 17.3 Å². The van der Waals surface area contributed by atoms with Gasteiger partial charge in [-0.2, -0.15) is 0 Å². The van der Waals surface area contributed by atoms with Crippen LogP contribution >= 0.6 is 0 Å². The first-order chi connectivity index (χ1) is 10.3. The van der Waals surface area contributed by atoms with Crippen LogP contribution in [-0.2, 0) is 19.0 Å². The van der Waals surface area contributed by atoms with Crippen LogP contribution in [0.1, 0.15) is 33.1 Å². The Hall–Kier alpha value is -0.790. The third-order valence-electron chi connectivity index (χ3n) is 5.50. The molecular weight excluding hydrogens is 288 g/mol. The zero-order valence-electron chi connectivity index (χ0n) is 13.3. The second kappa shape index (κ2) is 5.11. The minimum atomic E-state index is -1.48. The van der Waals surface area contributed by atoms with Crippen LogP contribution in [0.5, 0.6) is 0 Å². The van der Waals surface area contributed by atoms with Crippen molar-refractivity contribution in [1.82, 2.24) is 0 Å². The number of Topliss-reactive ketones (excluding diaryl/α,β-unsaturated/α-hetero) is 1. The van der Waals surface area contributed by atoms with Gasteiger partial charge in [-0.1, -0.05) is 11.6 Å². The van der Waals surface area contributed by atoms with Crippen molar-refractivity contribution in [3.05, 3.63) is 11.6 Å². The maximum absolute atomic E-state index is 12.2. The molecule has 3 aliphatic rings. The normalized spacial score (nSPS) is 47.9. The average Bonchev–Trinajstić information content (AvgIpc) is 3.39. The van der Waals surface area contributed by atoms with E-state index in [1.165, 1.54) is 7.11 Å². The van der Waals surface area contributed by atoms with Crippen LogP contribution in [0.15, 0.2) is 11.6 Å². The van der Waals surface area contributed by atoms with Gasteiger partial charge in [0.25, 0.3) is 0 Å². The van der Waals surface area contributed by atoms with Gasteiger partial charge in [0, 0.05) is 13.5 Å². The molecule has 0 bridgehead atoms. The second-order valence-electron chi connectivity index (χ2n) is 6.79. The van der Waals surface area contributed by atoms with Crippen molar-refractivity contribution in [2.45, 2.75) is 62.1 Å². The highest BCUT2D eigenvalue weighted by molar-refractivity contribution is 5.87. The van der Waals surface area contributed by atoms with Gasteiger partial charge in [0.15, 0.2) is 11.4 Å². The molecule has 1 aliphatic carbocycles. The van der Waals surface area contributed by atoms with Crippen LogP contribution in [0.3, 0.4) is 0 Å². The number of carbonyl (C=O) groups excluding carboxylic acids is 1. The molecule has 2 N–H and O–H groups in total. The summed E-state index contributed by atoms with van der Waals surface area (Å²) in [6.45, 7) is 4.07. The fourth-order valence-corrected chi connectivity index (χ4v) is 3.83. The van der Waals surface area contributed by atoms with E-state index in [4.69, 9.17) is 19.3 Å². The minimum Gasteiger partial charge on any atom is -0.392 e. The van der Waals surface area contributed by atoms with Gasteiger partial charge < -0.3 is 24.4 Å². The first kappa shape index (κ1) is 16.1. The Kier molecular flexibility index (Phi) is 3.73. The molecule has 0 aromatic rings. The molecule has 2 saturated heterocycles. The van der Waals surface area contributed by atoms with E-state index in [9.17, 15) is 9.90 Å². The van der Waals surface area contributed by atoms with Gasteiger partial charge >= 0.3 is 0 Å².